The van der Waals surface area contributed by atoms with E-state index in [1.54, 1.807) is 0 Å². The first-order valence-electron chi connectivity index (χ1n) is 7.89. The van der Waals surface area contributed by atoms with Gasteiger partial charge >= 0.3 is 0 Å². The lowest BCUT2D eigenvalue weighted by molar-refractivity contribution is 1.21. The van der Waals surface area contributed by atoms with Crippen molar-refractivity contribution in [2.24, 2.45) is 0 Å². The summed E-state index contributed by atoms with van der Waals surface area (Å²) in [6.07, 6.45) is 12.5. The Morgan fingerprint density at radius 1 is 1.08 bits per heavy atom. The minimum Gasteiger partial charge on any atom is -0.120 e. The van der Waals surface area contributed by atoms with E-state index in [0.29, 0.717) is 0 Å². The van der Waals surface area contributed by atoms with Crippen molar-refractivity contribution in [2.45, 2.75) is 30.6 Å². The Morgan fingerprint density at radius 2 is 1.92 bits per heavy atom. The Morgan fingerprint density at radius 3 is 2.71 bits per heavy atom. The molecule has 0 aromatic heterocycles. The lowest BCUT2D eigenvalue weighted by Crippen LogP contribution is -1.94. The van der Waals surface area contributed by atoms with Gasteiger partial charge in [0.25, 0.3) is 0 Å². The molecule has 0 bridgehead atoms. The van der Waals surface area contributed by atoms with Gasteiger partial charge in [-0.2, -0.15) is 0 Å². The number of fused-ring (bicyclic) bond motifs is 1. The highest BCUT2D eigenvalue weighted by atomic mass is 32.2. The van der Waals surface area contributed by atoms with Crippen molar-refractivity contribution in [3.05, 3.63) is 93.5 Å². The van der Waals surface area contributed by atoms with Crippen molar-refractivity contribution in [1.82, 2.24) is 0 Å². The average molecular weight is 349 g/mol. The van der Waals surface area contributed by atoms with Crippen LogP contribution >= 0.6 is 23.5 Å². The smallest absolute Gasteiger partial charge is 0.0339 e. The number of hydrogen-bond acceptors (Lipinski definition) is 2. The van der Waals surface area contributed by atoms with Crippen molar-refractivity contribution >= 4 is 29.1 Å². The van der Waals surface area contributed by atoms with Crippen LogP contribution in [-0.4, -0.2) is 0 Å². The number of allylic oxidation sites excluding steroid dienone is 8. The minimum absolute atomic E-state index is 1.04. The lowest BCUT2D eigenvalue weighted by Gasteiger charge is -2.21. The number of rotatable bonds is 3. The molecule has 0 atom stereocenters. The second-order valence-electron chi connectivity index (χ2n) is 6.03. The maximum Gasteiger partial charge on any atom is 0.0339 e. The van der Waals surface area contributed by atoms with Crippen LogP contribution < -0.4 is 0 Å². The number of benzene rings is 1. The predicted molar refractivity (Wildman–Crippen MR) is 109 cm³/mol. The van der Waals surface area contributed by atoms with Crippen LogP contribution in [0.2, 0.25) is 0 Å². The van der Waals surface area contributed by atoms with Crippen molar-refractivity contribution in [1.29, 1.82) is 0 Å². The van der Waals surface area contributed by atoms with Crippen LogP contribution in [0.4, 0.5) is 0 Å². The lowest BCUT2D eigenvalue weighted by atomic mass is 10.0. The molecule has 0 amide bonds. The van der Waals surface area contributed by atoms with Gasteiger partial charge in [0.05, 0.1) is 0 Å². The number of hydrogen-bond donors (Lipinski definition) is 0. The van der Waals surface area contributed by atoms with E-state index < -0.39 is 0 Å². The van der Waals surface area contributed by atoms with E-state index in [1.165, 1.54) is 36.3 Å². The first-order valence-corrected chi connectivity index (χ1v) is 9.52. The molecule has 3 rings (SSSR count). The van der Waals surface area contributed by atoms with E-state index in [1.807, 2.05) is 29.6 Å². The van der Waals surface area contributed by atoms with E-state index in [4.69, 9.17) is 0 Å². The third-order valence-corrected chi connectivity index (χ3v) is 6.21. The van der Waals surface area contributed by atoms with Gasteiger partial charge < -0.3 is 0 Å². The maximum absolute atomic E-state index is 4.15. The molecule has 0 saturated heterocycles. The summed E-state index contributed by atoms with van der Waals surface area (Å²) in [7, 11) is 0. The molecule has 1 aliphatic heterocycles. The molecule has 1 heterocycles. The quantitative estimate of drug-likeness (QED) is 0.415. The normalized spacial score (nSPS) is 15.7. The molecule has 2 aliphatic rings. The monoisotopic (exact) mass is 348 g/mol. The fourth-order valence-electron chi connectivity index (χ4n) is 2.64. The second kappa shape index (κ2) is 7.36. The van der Waals surface area contributed by atoms with Crippen molar-refractivity contribution < 1.29 is 0 Å². The molecule has 0 saturated carbocycles. The van der Waals surface area contributed by atoms with E-state index in [9.17, 15) is 0 Å². The van der Waals surface area contributed by atoms with Crippen LogP contribution in [0.3, 0.4) is 0 Å². The molecular weight excluding hydrogens is 328 g/mol. The summed E-state index contributed by atoms with van der Waals surface area (Å²) in [5, 5.41) is 0. The zero-order valence-electron chi connectivity index (χ0n) is 14.2. The summed E-state index contributed by atoms with van der Waals surface area (Å²) in [5.41, 5.74) is 8.05. The Labute approximate surface area is 153 Å². The summed E-state index contributed by atoms with van der Waals surface area (Å²) in [5.74, 6) is 0. The van der Waals surface area contributed by atoms with Crippen molar-refractivity contribution in [3.8, 4) is 0 Å². The van der Waals surface area contributed by atoms with Gasteiger partial charge in [0.1, 0.15) is 0 Å². The largest absolute Gasteiger partial charge is 0.120 e. The Balaban J connectivity index is 1.99. The first kappa shape index (κ1) is 17.0. The van der Waals surface area contributed by atoms with Crippen LogP contribution in [0.1, 0.15) is 26.3 Å². The van der Waals surface area contributed by atoms with Gasteiger partial charge in [0.2, 0.25) is 0 Å². The Bertz CT molecular complexity index is 879. The molecule has 1 aromatic rings. The van der Waals surface area contributed by atoms with Gasteiger partial charge in [0.15, 0.2) is 0 Å². The molecule has 1 aliphatic carbocycles. The standard InChI is InChI=1S/C22H20S2/c1-15(2)13-16(3)14-17(4)18-9-8-12-21-22(18)24-20-11-7-5-6-10-19(20)23-21/h5-6,8-14H,3H2,1-2,4H3/b17-14+. The molecule has 0 nitrogen and oxygen atoms in total. The van der Waals surface area contributed by atoms with Gasteiger partial charge in [-0.25, -0.2) is 0 Å². The van der Waals surface area contributed by atoms with E-state index >= 15 is 0 Å². The van der Waals surface area contributed by atoms with Crippen LogP contribution in [0.15, 0.2) is 97.7 Å². The van der Waals surface area contributed by atoms with Crippen LogP contribution in [0, 0.1) is 0 Å². The van der Waals surface area contributed by atoms with Gasteiger partial charge in [-0.05, 0) is 61.8 Å². The SMILES string of the molecule is C=C(C=C(C)C)/C=C(\C)c1cccc2c1SC1=C(C=CC=C=C1)S2. The molecule has 0 unspecified atom stereocenters. The summed E-state index contributed by atoms with van der Waals surface area (Å²) < 4.78 is 0. The number of thioether (sulfide) groups is 2. The summed E-state index contributed by atoms with van der Waals surface area (Å²) >= 11 is 3.67. The summed E-state index contributed by atoms with van der Waals surface area (Å²) in [6.45, 7) is 10.5. The Hall–Kier alpha value is -1.86. The predicted octanol–water partition coefficient (Wildman–Crippen LogP) is 7.30. The minimum atomic E-state index is 1.04. The second-order valence-corrected chi connectivity index (χ2v) is 8.16. The third-order valence-electron chi connectivity index (χ3n) is 3.61. The summed E-state index contributed by atoms with van der Waals surface area (Å²) in [6, 6.07) is 6.54. The van der Waals surface area contributed by atoms with Crippen LogP contribution in [0.25, 0.3) is 5.57 Å². The average Bonchev–Trinajstić information content (AvgIpc) is 2.75. The van der Waals surface area contributed by atoms with Gasteiger partial charge in [-0.3, -0.25) is 0 Å². The maximum atomic E-state index is 4.15. The zero-order chi connectivity index (χ0) is 17.1. The highest BCUT2D eigenvalue weighted by molar-refractivity contribution is 8.09. The fraction of sp³-hybridized carbons (Fsp3) is 0.136. The highest BCUT2D eigenvalue weighted by Crippen LogP contribution is 2.50. The Kier molecular flexibility index (Phi) is 5.20. The van der Waals surface area contributed by atoms with Gasteiger partial charge in [-0.15, -0.1) is 5.73 Å². The topological polar surface area (TPSA) is 0 Å². The summed E-state index contributed by atoms with van der Waals surface area (Å²) in [4.78, 5) is 5.20. The van der Waals surface area contributed by atoms with Crippen LogP contribution in [-0.2, 0) is 0 Å². The molecule has 0 fully saturated rings. The molecule has 120 valence electrons. The highest BCUT2D eigenvalue weighted by Gasteiger charge is 2.20. The van der Waals surface area contributed by atoms with Crippen LogP contribution in [0.5, 0.6) is 0 Å². The van der Waals surface area contributed by atoms with E-state index in [2.05, 4.69) is 81.7 Å². The molecule has 24 heavy (non-hydrogen) atoms. The van der Waals surface area contributed by atoms with Crippen molar-refractivity contribution in [3.63, 3.8) is 0 Å². The van der Waals surface area contributed by atoms with E-state index in [0.717, 1.165) is 5.57 Å². The molecule has 2 heteroatoms. The van der Waals surface area contributed by atoms with Crippen molar-refractivity contribution in [2.75, 3.05) is 0 Å². The molecule has 0 N–H and O–H groups in total. The van der Waals surface area contributed by atoms with Gasteiger partial charge in [-0.1, -0.05) is 66.0 Å². The molecule has 1 aromatic carbocycles. The zero-order valence-corrected chi connectivity index (χ0v) is 15.9. The first-order chi connectivity index (χ1) is 11.5. The van der Waals surface area contributed by atoms with E-state index in [-0.39, 0.29) is 0 Å². The molecule has 0 radical (unpaired) electrons. The third kappa shape index (κ3) is 3.79. The van der Waals surface area contributed by atoms with Gasteiger partial charge in [0, 0.05) is 19.6 Å². The molecule has 0 spiro atoms. The molecular formula is C22H20S2. The fourth-order valence-corrected chi connectivity index (χ4v) is 5.06.